The Labute approximate surface area is 185 Å². The fraction of sp³-hybridized carbons (Fsp3) is 0.292. The molecule has 0 spiro atoms. The second-order valence-corrected chi connectivity index (χ2v) is 8.48. The molecule has 1 aliphatic rings. The second kappa shape index (κ2) is 9.39. The van der Waals surface area contributed by atoms with Gasteiger partial charge in [0.1, 0.15) is 17.3 Å². The molecule has 0 radical (unpaired) electrons. The molecule has 5 nitrogen and oxygen atoms in total. The predicted molar refractivity (Wildman–Crippen MR) is 123 cm³/mol. The van der Waals surface area contributed by atoms with Crippen molar-refractivity contribution in [2.24, 2.45) is 4.99 Å². The van der Waals surface area contributed by atoms with Gasteiger partial charge < -0.3 is 9.84 Å². The summed E-state index contributed by atoms with van der Waals surface area (Å²) in [6.45, 7) is 4.12. The minimum Gasteiger partial charge on any atom is -0.507 e. The fourth-order valence-corrected chi connectivity index (χ4v) is 4.70. The normalized spacial score (nSPS) is 15.1. The van der Waals surface area contributed by atoms with Crippen molar-refractivity contribution >= 4 is 17.0 Å². The Morgan fingerprint density at radius 3 is 2.61 bits per heavy atom. The third-order valence-corrected chi connectivity index (χ3v) is 6.33. The molecule has 2 aromatic carbocycles. The van der Waals surface area contributed by atoms with E-state index in [1.54, 1.807) is 37.4 Å². The number of halogens is 1. The highest BCUT2D eigenvalue weighted by Gasteiger charge is 2.16. The SMILES string of the molecule is C=C(Nn1c(-c2ccc(F)cc2)csc1=NC1CCCCC1)c1ccc(OC)cc1O. The van der Waals surface area contributed by atoms with Crippen LogP contribution >= 0.6 is 11.3 Å². The molecule has 2 N–H and O–H groups in total. The van der Waals surface area contributed by atoms with Crippen molar-refractivity contribution in [3.63, 3.8) is 0 Å². The molecular formula is C24H26FN3O2S. The van der Waals surface area contributed by atoms with Gasteiger partial charge in [-0.1, -0.05) is 25.8 Å². The van der Waals surface area contributed by atoms with E-state index >= 15 is 0 Å². The number of nitrogens with zero attached hydrogens (tertiary/aromatic N) is 2. The zero-order chi connectivity index (χ0) is 21.8. The predicted octanol–water partition coefficient (Wildman–Crippen LogP) is 5.52. The minimum atomic E-state index is -0.279. The molecule has 1 heterocycles. The van der Waals surface area contributed by atoms with E-state index in [0.29, 0.717) is 23.1 Å². The highest BCUT2D eigenvalue weighted by molar-refractivity contribution is 7.07. The van der Waals surface area contributed by atoms with Gasteiger partial charge in [-0.3, -0.25) is 10.4 Å². The third-order valence-electron chi connectivity index (χ3n) is 5.49. The molecule has 7 heteroatoms. The van der Waals surface area contributed by atoms with Crippen molar-refractivity contribution in [2.45, 2.75) is 38.1 Å². The summed E-state index contributed by atoms with van der Waals surface area (Å²) < 4.78 is 20.5. The van der Waals surface area contributed by atoms with E-state index in [4.69, 9.17) is 9.73 Å². The summed E-state index contributed by atoms with van der Waals surface area (Å²) in [5, 5.41) is 12.4. The molecule has 4 rings (SSSR count). The van der Waals surface area contributed by atoms with E-state index in [9.17, 15) is 9.50 Å². The van der Waals surface area contributed by atoms with Crippen LogP contribution in [0.3, 0.4) is 0 Å². The molecule has 31 heavy (non-hydrogen) atoms. The van der Waals surface area contributed by atoms with Crippen molar-refractivity contribution < 1.29 is 14.2 Å². The molecule has 0 amide bonds. The van der Waals surface area contributed by atoms with Gasteiger partial charge in [0, 0.05) is 22.6 Å². The maximum Gasteiger partial charge on any atom is 0.204 e. The lowest BCUT2D eigenvalue weighted by Gasteiger charge is -2.19. The van der Waals surface area contributed by atoms with Crippen LogP contribution in [0.2, 0.25) is 0 Å². The van der Waals surface area contributed by atoms with Crippen molar-refractivity contribution in [1.29, 1.82) is 0 Å². The Morgan fingerprint density at radius 1 is 1.19 bits per heavy atom. The number of methoxy groups -OCH3 is 1. The Kier molecular flexibility index (Phi) is 6.42. The number of hydrogen-bond acceptors (Lipinski definition) is 5. The van der Waals surface area contributed by atoms with Crippen LogP contribution in [0.4, 0.5) is 4.39 Å². The number of aromatic nitrogens is 1. The van der Waals surface area contributed by atoms with Crippen LogP contribution in [0, 0.1) is 5.82 Å². The Balaban J connectivity index is 1.72. The molecule has 0 aliphatic heterocycles. The molecule has 0 atom stereocenters. The number of rotatable bonds is 6. The topological polar surface area (TPSA) is 58.8 Å². The summed E-state index contributed by atoms with van der Waals surface area (Å²) in [6, 6.07) is 11.7. The molecule has 162 valence electrons. The monoisotopic (exact) mass is 439 g/mol. The van der Waals surface area contributed by atoms with Crippen molar-refractivity contribution in [3.05, 3.63) is 70.6 Å². The average molecular weight is 440 g/mol. The van der Waals surface area contributed by atoms with E-state index in [1.165, 1.54) is 42.7 Å². The van der Waals surface area contributed by atoms with Crippen LogP contribution in [0.5, 0.6) is 11.5 Å². The van der Waals surface area contributed by atoms with Gasteiger partial charge in [-0.05, 0) is 49.2 Å². The molecule has 0 bridgehead atoms. The summed E-state index contributed by atoms with van der Waals surface area (Å²) in [5.74, 6) is 0.358. The van der Waals surface area contributed by atoms with E-state index in [2.05, 4.69) is 12.0 Å². The molecular weight excluding hydrogens is 413 g/mol. The summed E-state index contributed by atoms with van der Waals surface area (Å²) in [7, 11) is 1.55. The van der Waals surface area contributed by atoms with Crippen LogP contribution < -0.4 is 15.0 Å². The molecule has 1 fully saturated rings. The highest BCUT2D eigenvalue weighted by atomic mass is 32.1. The number of benzene rings is 2. The number of phenolic OH excluding ortho intramolecular Hbond substituents is 1. The summed E-state index contributed by atoms with van der Waals surface area (Å²) in [5.41, 5.74) is 6.10. The first-order valence-corrected chi connectivity index (χ1v) is 11.3. The quantitative estimate of drug-likeness (QED) is 0.532. The molecule has 1 aliphatic carbocycles. The van der Waals surface area contributed by atoms with Crippen LogP contribution in [0.25, 0.3) is 17.0 Å². The lowest BCUT2D eigenvalue weighted by Crippen LogP contribution is -2.27. The molecule has 0 saturated heterocycles. The summed E-state index contributed by atoms with van der Waals surface area (Å²) >= 11 is 1.53. The standard InChI is InChI=1S/C24H26FN3O2S/c1-16(21-13-12-20(30-2)14-23(21)29)27-28-22(17-8-10-18(25)11-9-17)15-31-24(28)26-19-6-4-3-5-7-19/h8-15,19,27,29H,1,3-7H2,2H3. The van der Waals surface area contributed by atoms with Crippen LogP contribution in [0.1, 0.15) is 37.7 Å². The van der Waals surface area contributed by atoms with Crippen LogP contribution in [0.15, 0.2) is 59.4 Å². The van der Waals surface area contributed by atoms with Gasteiger partial charge in [-0.25, -0.2) is 9.07 Å². The molecule has 1 saturated carbocycles. The van der Waals surface area contributed by atoms with Gasteiger partial charge in [-0.15, -0.1) is 11.3 Å². The zero-order valence-corrected chi connectivity index (χ0v) is 18.3. The van der Waals surface area contributed by atoms with E-state index in [-0.39, 0.29) is 11.6 Å². The number of aromatic hydroxyl groups is 1. The maximum atomic E-state index is 13.5. The van der Waals surface area contributed by atoms with E-state index in [1.807, 2.05) is 10.1 Å². The van der Waals surface area contributed by atoms with Crippen molar-refractivity contribution in [3.8, 4) is 22.8 Å². The lowest BCUT2D eigenvalue weighted by molar-refractivity contribution is 0.407. The van der Waals surface area contributed by atoms with E-state index in [0.717, 1.165) is 28.9 Å². The number of nitrogens with one attached hydrogen (secondary N) is 1. The molecule has 0 unspecified atom stereocenters. The second-order valence-electron chi connectivity index (χ2n) is 7.64. The van der Waals surface area contributed by atoms with Crippen LogP contribution in [-0.4, -0.2) is 22.9 Å². The van der Waals surface area contributed by atoms with Gasteiger partial charge in [-0.2, -0.15) is 0 Å². The van der Waals surface area contributed by atoms with Crippen LogP contribution in [-0.2, 0) is 0 Å². The maximum absolute atomic E-state index is 13.5. The van der Waals surface area contributed by atoms with Gasteiger partial charge in [0.2, 0.25) is 4.80 Å². The summed E-state index contributed by atoms with van der Waals surface area (Å²) in [4.78, 5) is 5.82. The number of ether oxygens (including phenoxy) is 1. The smallest absolute Gasteiger partial charge is 0.204 e. The van der Waals surface area contributed by atoms with Gasteiger partial charge >= 0.3 is 0 Å². The van der Waals surface area contributed by atoms with Gasteiger partial charge in [0.15, 0.2) is 0 Å². The Morgan fingerprint density at radius 2 is 1.94 bits per heavy atom. The van der Waals surface area contributed by atoms with Crippen molar-refractivity contribution in [2.75, 3.05) is 12.5 Å². The Bertz CT molecular complexity index is 1130. The third kappa shape index (κ3) is 4.82. The number of phenols is 1. The lowest BCUT2D eigenvalue weighted by atomic mass is 9.96. The minimum absolute atomic E-state index is 0.0711. The zero-order valence-electron chi connectivity index (χ0n) is 17.5. The first-order valence-electron chi connectivity index (χ1n) is 10.4. The Hall–Kier alpha value is -3.06. The largest absolute Gasteiger partial charge is 0.507 e. The van der Waals surface area contributed by atoms with E-state index < -0.39 is 0 Å². The fourth-order valence-electron chi connectivity index (χ4n) is 3.79. The average Bonchev–Trinajstić information content (AvgIpc) is 3.16. The van der Waals surface area contributed by atoms with Gasteiger partial charge in [0.05, 0.1) is 24.5 Å². The molecule has 3 aromatic rings. The summed E-state index contributed by atoms with van der Waals surface area (Å²) in [6.07, 6.45) is 5.84. The van der Waals surface area contributed by atoms with Gasteiger partial charge in [0.25, 0.3) is 0 Å². The van der Waals surface area contributed by atoms with Crippen molar-refractivity contribution in [1.82, 2.24) is 4.68 Å². The highest BCUT2D eigenvalue weighted by Crippen LogP contribution is 2.29. The number of hydrogen-bond donors (Lipinski definition) is 2. The molecule has 1 aromatic heterocycles. The first-order chi connectivity index (χ1) is 15.0. The first kappa shape index (κ1) is 21.2. The number of thiazole rings is 1.